The molecule has 18 heavy (non-hydrogen) atoms. The summed E-state index contributed by atoms with van der Waals surface area (Å²) in [5, 5.41) is 3.46. The zero-order valence-corrected chi connectivity index (χ0v) is 11.4. The van der Waals surface area contributed by atoms with Crippen molar-refractivity contribution in [1.82, 2.24) is 10.2 Å². The van der Waals surface area contributed by atoms with Gasteiger partial charge in [-0.3, -0.25) is 10.1 Å². The number of carbonyl (C=O) groups excluding carboxylic acids is 1. The summed E-state index contributed by atoms with van der Waals surface area (Å²) in [6.07, 6.45) is 3.46. The van der Waals surface area contributed by atoms with Gasteiger partial charge in [0.1, 0.15) is 0 Å². The molecule has 3 nitrogen and oxygen atoms in total. The lowest BCUT2D eigenvalue weighted by molar-refractivity contribution is -0.130. The Kier molecular flexibility index (Phi) is 4.02. The largest absolute Gasteiger partial charge is 0.347 e. The van der Waals surface area contributed by atoms with E-state index in [2.05, 4.69) is 29.6 Å². The van der Waals surface area contributed by atoms with Crippen LogP contribution in [0.1, 0.15) is 36.9 Å². The van der Waals surface area contributed by atoms with Crippen LogP contribution in [0.5, 0.6) is 0 Å². The molecule has 1 aromatic rings. The zero-order valence-electron chi connectivity index (χ0n) is 11.4. The van der Waals surface area contributed by atoms with Gasteiger partial charge in [-0.25, -0.2) is 0 Å². The normalized spacial score (nSPS) is 20.1. The average Bonchev–Trinajstić information content (AvgIpc) is 2.38. The van der Waals surface area contributed by atoms with Gasteiger partial charge in [-0.1, -0.05) is 24.3 Å². The molecule has 1 amide bonds. The molecule has 0 fully saturated rings. The molecular formula is C15H22N2O. The van der Waals surface area contributed by atoms with E-state index in [1.807, 2.05) is 6.92 Å². The predicted molar refractivity (Wildman–Crippen MR) is 73.4 cm³/mol. The standard InChI is InChI=1S/C15H22N2O/c1-11(15(18)17(2)3)16-14-10-6-8-12-7-4-5-9-13(12)14/h4-5,7,9,11,14,16H,6,8,10H2,1-3H3. The average molecular weight is 246 g/mol. The number of benzene rings is 1. The number of rotatable bonds is 3. The minimum absolute atomic E-state index is 0.129. The molecule has 0 aliphatic heterocycles. The van der Waals surface area contributed by atoms with Gasteiger partial charge in [0.25, 0.3) is 0 Å². The number of nitrogens with zero attached hydrogens (tertiary/aromatic N) is 1. The van der Waals surface area contributed by atoms with Gasteiger partial charge in [0, 0.05) is 20.1 Å². The molecule has 2 rings (SSSR count). The predicted octanol–water partition coefficient (Wildman–Crippen LogP) is 2.13. The molecule has 0 bridgehead atoms. The van der Waals surface area contributed by atoms with Crippen LogP contribution in [0.4, 0.5) is 0 Å². The molecular weight excluding hydrogens is 224 g/mol. The number of nitrogens with one attached hydrogen (secondary N) is 1. The summed E-state index contributed by atoms with van der Waals surface area (Å²) in [6, 6.07) is 8.73. The first kappa shape index (κ1) is 13.1. The summed E-state index contributed by atoms with van der Waals surface area (Å²) in [6.45, 7) is 1.94. The lowest BCUT2D eigenvalue weighted by atomic mass is 9.87. The Morgan fingerprint density at radius 3 is 2.83 bits per heavy atom. The van der Waals surface area contributed by atoms with E-state index in [9.17, 15) is 4.79 Å². The monoisotopic (exact) mass is 246 g/mol. The smallest absolute Gasteiger partial charge is 0.238 e. The molecule has 0 aromatic heterocycles. The van der Waals surface area contributed by atoms with Crippen molar-refractivity contribution in [2.45, 2.75) is 38.3 Å². The highest BCUT2D eigenvalue weighted by molar-refractivity contribution is 5.81. The molecule has 1 N–H and O–H groups in total. The molecule has 1 aliphatic carbocycles. The van der Waals surface area contributed by atoms with E-state index in [1.54, 1.807) is 19.0 Å². The molecule has 98 valence electrons. The highest BCUT2D eigenvalue weighted by Crippen LogP contribution is 2.29. The van der Waals surface area contributed by atoms with Gasteiger partial charge >= 0.3 is 0 Å². The molecule has 0 spiro atoms. The Morgan fingerprint density at radius 2 is 2.11 bits per heavy atom. The quantitative estimate of drug-likeness (QED) is 0.886. The lowest BCUT2D eigenvalue weighted by Gasteiger charge is -2.29. The van der Waals surface area contributed by atoms with Gasteiger partial charge in [0.2, 0.25) is 5.91 Å². The maximum absolute atomic E-state index is 11.9. The number of hydrogen-bond acceptors (Lipinski definition) is 2. The Hall–Kier alpha value is -1.35. The summed E-state index contributed by atoms with van der Waals surface area (Å²) in [5.41, 5.74) is 2.79. The first-order chi connectivity index (χ1) is 8.59. The Labute approximate surface area is 109 Å². The van der Waals surface area contributed by atoms with E-state index in [0.29, 0.717) is 6.04 Å². The van der Waals surface area contributed by atoms with Crippen LogP contribution < -0.4 is 5.32 Å². The number of fused-ring (bicyclic) bond motifs is 1. The fourth-order valence-electron chi connectivity index (χ4n) is 2.69. The van der Waals surface area contributed by atoms with E-state index in [4.69, 9.17) is 0 Å². The maximum Gasteiger partial charge on any atom is 0.238 e. The zero-order chi connectivity index (χ0) is 13.1. The van der Waals surface area contributed by atoms with Crippen molar-refractivity contribution in [3.05, 3.63) is 35.4 Å². The van der Waals surface area contributed by atoms with Gasteiger partial charge in [-0.05, 0) is 37.3 Å². The van der Waals surface area contributed by atoms with E-state index < -0.39 is 0 Å². The Morgan fingerprint density at radius 1 is 1.39 bits per heavy atom. The Bertz CT molecular complexity index is 428. The summed E-state index contributed by atoms with van der Waals surface area (Å²) in [7, 11) is 3.60. The van der Waals surface area contributed by atoms with Crippen LogP contribution in [0.15, 0.2) is 24.3 Å². The van der Waals surface area contributed by atoms with Crippen molar-refractivity contribution in [2.24, 2.45) is 0 Å². The Balaban J connectivity index is 2.10. The second kappa shape index (κ2) is 5.53. The van der Waals surface area contributed by atoms with Crippen molar-refractivity contribution >= 4 is 5.91 Å². The molecule has 3 heteroatoms. The number of aryl methyl sites for hydroxylation is 1. The molecule has 1 aromatic carbocycles. The van der Waals surface area contributed by atoms with E-state index in [1.165, 1.54) is 17.5 Å². The van der Waals surface area contributed by atoms with Crippen molar-refractivity contribution < 1.29 is 4.79 Å². The van der Waals surface area contributed by atoms with Gasteiger partial charge in [0.15, 0.2) is 0 Å². The summed E-state index contributed by atoms with van der Waals surface area (Å²) in [5.74, 6) is 0.137. The minimum atomic E-state index is -0.129. The third-order valence-corrected chi connectivity index (χ3v) is 3.63. The fourth-order valence-corrected chi connectivity index (χ4v) is 2.69. The van der Waals surface area contributed by atoms with Gasteiger partial charge in [-0.15, -0.1) is 0 Å². The van der Waals surface area contributed by atoms with Crippen molar-refractivity contribution in [3.63, 3.8) is 0 Å². The molecule has 0 saturated carbocycles. The lowest BCUT2D eigenvalue weighted by Crippen LogP contribution is -2.43. The van der Waals surface area contributed by atoms with Gasteiger partial charge in [0.05, 0.1) is 6.04 Å². The highest BCUT2D eigenvalue weighted by Gasteiger charge is 2.24. The van der Waals surface area contributed by atoms with Crippen LogP contribution in [0.2, 0.25) is 0 Å². The van der Waals surface area contributed by atoms with Gasteiger partial charge in [-0.2, -0.15) is 0 Å². The van der Waals surface area contributed by atoms with E-state index in [0.717, 1.165) is 12.8 Å². The first-order valence-electron chi connectivity index (χ1n) is 6.64. The summed E-state index contributed by atoms with van der Waals surface area (Å²) < 4.78 is 0. The number of carbonyl (C=O) groups is 1. The third-order valence-electron chi connectivity index (χ3n) is 3.63. The highest BCUT2D eigenvalue weighted by atomic mass is 16.2. The molecule has 1 aliphatic rings. The van der Waals surface area contributed by atoms with Crippen molar-refractivity contribution in [2.75, 3.05) is 14.1 Å². The molecule has 0 radical (unpaired) electrons. The third kappa shape index (κ3) is 2.72. The first-order valence-corrected chi connectivity index (χ1v) is 6.64. The van der Waals surface area contributed by atoms with Crippen LogP contribution in [0.25, 0.3) is 0 Å². The minimum Gasteiger partial charge on any atom is -0.347 e. The van der Waals surface area contributed by atoms with Crippen LogP contribution in [-0.4, -0.2) is 30.9 Å². The molecule has 0 heterocycles. The summed E-state index contributed by atoms with van der Waals surface area (Å²) in [4.78, 5) is 13.5. The molecule has 2 unspecified atom stereocenters. The number of hydrogen-bond donors (Lipinski definition) is 1. The van der Waals surface area contributed by atoms with E-state index in [-0.39, 0.29) is 11.9 Å². The van der Waals surface area contributed by atoms with Crippen LogP contribution >= 0.6 is 0 Å². The van der Waals surface area contributed by atoms with Crippen LogP contribution in [-0.2, 0) is 11.2 Å². The molecule has 2 atom stereocenters. The fraction of sp³-hybridized carbons (Fsp3) is 0.533. The summed E-state index contributed by atoms with van der Waals surface area (Å²) >= 11 is 0. The van der Waals surface area contributed by atoms with Crippen LogP contribution in [0, 0.1) is 0 Å². The van der Waals surface area contributed by atoms with Crippen LogP contribution in [0.3, 0.4) is 0 Å². The second-order valence-corrected chi connectivity index (χ2v) is 5.26. The number of amides is 1. The molecule has 0 saturated heterocycles. The second-order valence-electron chi connectivity index (χ2n) is 5.26. The van der Waals surface area contributed by atoms with Gasteiger partial charge < -0.3 is 4.90 Å². The van der Waals surface area contributed by atoms with Crippen molar-refractivity contribution in [1.29, 1.82) is 0 Å². The SMILES string of the molecule is CC(NC1CCCc2ccccc21)C(=O)N(C)C. The number of likely N-dealkylation sites (N-methyl/N-ethyl adjacent to an activating group) is 1. The van der Waals surface area contributed by atoms with E-state index >= 15 is 0 Å². The topological polar surface area (TPSA) is 32.3 Å². The maximum atomic E-state index is 11.9. The van der Waals surface area contributed by atoms with Crippen molar-refractivity contribution in [3.8, 4) is 0 Å².